The first-order valence-corrected chi connectivity index (χ1v) is 7.72. The number of Topliss-reactive ketones (excluding diaryl/α,β-unsaturated/α-hetero) is 1. The van der Waals surface area contributed by atoms with Crippen LogP contribution in [0.3, 0.4) is 0 Å². The van der Waals surface area contributed by atoms with Gasteiger partial charge in [-0.2, -0.15) is 0 Å². The van der Waals surface area contributed by atoms with Gasteiger partial charge in [0.05, 0.1) is 7.11 Å². The summed E-state index contributed by atoms with van der Waals surface area (Å²) < 4.78 is 5.26. The average molecular weight is 284 g/mol. The average Bonchev–Trinajstić information content (AvgIpc) is 2.92. The van der Waals surface area contributed by atoms with Crippen LogP contribution in [0.2, 0.25) is 0 Å². The third kappa shape index (κ3) is 4.59. The van der Waals surface area contributed by atoms with Gasteiger partial charge in [0.25, 0.3) is 0 Å². The van der Waals surface area contributed by atoms with Crippen LogP contribution in [0.5, 0.6) is 5.75 Å². The Kier molecular flexibility index (Phi) is 5.79. The lowest BCUT2D eigenvalue weighted by Gasteiger charge is -2.10. The minimum Gasteiger partial charge on any atom is -0.497 e. The van der Waals surface area contributed by atoms with E-state index in [0.717, 1.165) is 37.0 Å². The number of carbonyl (C=O) groups excluding carboxylic acids is 1. The molecule has 112 valence electrons. The van der Waals surface area contributed by atoms with E-state index in [9.17, 15) is 4.79 Å². The van der Waals surface area contributed by atoms with Crippen molar-refractivity contribution in [1.82, 2.24) is 0 Å². The molecule has 1 aromatic carbocycles. The first-order valence-electron chi connectivity index (χ1n) is 7.72. The van der Waals surface area contributed by atoms with E-state index in [2.05, 4.69) is 37.3 Å². The minimum absolute atomic E-state index is 0.341. The van der Waals surface area contributed by atoms with Crippen molar-refractivity contribution in [3.8, 4) is 5.75 Å². The number of benzene rings is 1. The Morgan fingerprint density at radius 3 is 2.90 bits per heavy atom. The Morgan fingerprint density at radius 2 is 2.19 bits per heavy atom. The van der Waals surface area contributed by atoms with Crippen molar-refractivity contribution in [3.63, 3.8) is 0 Å². The van der Waals surface area contributed by atoms with E-state index in [0.29, 0.717) is 18.1 Å². The molecule has 0 bridgehead atoms. The van der Waals surface area contributed by atoms with Crippen LogP contribution in [0.4, 0.5) is 0 Å². The summed E-state index contributed by atoms with van der Waals surface area (Å²) in [6.07, 6.45) is 11.0. The third-order valence-corrected chi connectivity index (χ3v) is 4.02. The van der Waals surface area contributed by atoms with Crippen molar-refractivity contribution >= 4 is 5.78 Å². The second kappa shape index (κ2) is 7.82. The summed E-state index contributed by atoms with van der Waals surface area (Å²) in [5.41, 5.74) is 2.33. The van der Waals surface area contributed by atoms with Crippen molar-refractivity contribution in [3.05, 3.63) is 53.6 Å². The summed E-state index contributed by atoms with van der Waals surface area (Å²) in [6.45, 7) is 2.22. The van der Waals surface area contributed by atoms with Gasteiger partial charge in [-0.1, -0.05) is 37.3 Å². The number of allylic oxidation sites excluding steroid dienone is 4. The van der Waals surface area contributed by atoms with Gasteiger partial charge in [-0.15, -0.1) is 0 Å². The molecule has 2 heteroatoms. The van der Waals surface area contributed by atoms with Crippen molar-refractivity contribution in [2.24, 2.45) is 0 Å². The summed E-state index contributed by atoms with van der Waals surface area (Å²) >= 11 is 0. The summed E-state index contributed by atoms with van der Waals surface area (Å²) in [4.78, 5) is 11.5. The highest BCUT2D eigenvalue weighted by molar-refractivity contribution is 5.97. The maximum atomic E-state index is 11.5. The molecule has 0 N–H and O–H groups in total. The number of carbonyl (C=O) groups is 1. The van der Waals surface area contributed by atoms with E-state index < -0.39 is 0 Å². The number of hydrogen-bond donors (Lipinski definition) is 0. The second-order valence-electron chi connectivity index (χ2n) is 5.61. The molecule has 0 heterocycles. The van der Waals surface area contributed by atoms with Gasteiger partial charge in [-0.3, -0.25) is 4.79 Å². The maximum absolute atomic E-state index is 11.5. The van der Waals surface area contributed by atoms with Crippen LogP contribution in [0.15, 0.2) is 48.1 Å². The first-order chi connectivity index (χ1) is 10.2. The molecule has 0 aliphatic heterocycles. The predicted octanol–water partition coefficient (Wildman–Crippen LogP) is 4.81. The fourth-order valence-electron chi connectivity index (χ4n) is 2.63. The van der Waals surface area contributed by atoms with Crippen LogP contribution in [-0.4, -0.2) is 12.9 Å². The lowest BCUT2D eigenvalue weighted by molar-refractivity contribution is -0.115. The minimum atomic E-state index is 0.341. The zero-order valence-corrected chi connectivity index (χ0v) is 13.0. The maximum Gasteiger partial charge on any atom is 0.158 e. The smallest absolute Gasteiger partial charge is 0.158 e. The monoisotopic (exact) mass is 284 g/mol. The standard InChI is InChI=1S/C19H24O2/c1-15(17-11-6-12-18(14-17)21-2)8-4-3-5-9-16-10-7-13-19(16)20/h3-4,6,10-12,14-15H,5,7-9,13H2,1-2H3/b4-3+. The van der Waals surface area contributed by atoms with E-state index in [4.69, 9.17) is 4.74 Å². The summed E-state index contributed by atoms with van der Waals surface area (Å²) in [5, 5.41) is 0. The Bertz CT molecular complexity index is 540. The Balaban J connectivity index is 1.76. The number of methoxy groups -OCH3 is 1. The molecule has 1 aliphatic carbocycles. The summed E-state index contributed by atoms with van der Waals surface area (Å²) in [6, 6.07) is 8.24. The SMILES string of the molecule is COc1cccc(C(C)C/C=C/CCC2=CCCC2=O)c1. The molecule has 0 aromatic heterocycles. The van der Waals surface area contributed by atoms with E-state index in [1.54, 1.807) is 7.11 Å². The lowest BCUT2D eigenvalue weighted by Crippen LogP contribution is -1.95. The highest BCUT2D eigenvalue weighted by Gasteiger charge is 2.13. The van der Waals surface area contributed by atoms with Crippen LogP contribution in [0, 0.1) is 0 Å². The van der Waals surface area contributed by atoms with Crippen molar-refractivity contribution in [2.75, 3.05) is 7.11 Å². The number of ketones is 1. The zero-order chi connectivity index (χ0) is 15.1. The van der Waals surface area contributed by atoms with Gasteiger partial charge in [0.15, 0.2) is 5.78 Å². The van der Waals surface area contributed by atoms with Crippen LogP contribution in [0.1, 0.15) is 50.5 Å². The van der Waals surface area contributed by atoms with Gasteiger partial charge < -0.3 is 4.74 Å². The Labute approximate surface area is 127 Å². The van der Waals surface area contributed by atoms with E-state index in [-0.39, 0.29) is 0 Å². The molecule has 0 spiro atoms. The molecule has 21 heavy (non-hydrogen) atoms. The normalized spacial score (nSPS) is 16.3. The third-order valence-electron chi connectivity index (χ3n) is 4.02. The van der Waals surface area contributed by atoms with E-state index in [1.165, 1.54) is 5.56 Å². The Hall–Kier alpha value is -1.83. The van der Waals surface area contributed by atoms with E-state index in [1.807, 2.05) is 12.1 Å². The number of ether oxygens (including phenoxy) is 1. The largest absolute Gasteiger partial charge is 0.497 e. The van der Waals surface area contributed by atoms with Crippen LogP contribution in [-0.2, 0) is 4.79 Å². The highest BCUT2D eigenvalue weighted by Crippen LogP contribution is 2.24. The molecule has 0 saturated heterocycles. The topological polar surface area (TPSA) is 26.3 Å². The number of rotatable bonds is 7. The van der Waals surface area contributed by atoms with Gasteiger partial charge in [-0.25, -0.2) is 0 Å². The van der Waals surface area contributed by atoms with Crippen LogP contribution in [0.25, 0.3) is 0 Å². The first kappa shape index (κ1) is 15.6. The van der Waals surface area contributed by atoms with Gasteiger partial charge in [0, 0.05) is 6.42 Å². The second-order valence-corrected chi connectivity index (χ2v) is 5.61. The van der Waals surface area contributed by atoms with Gasteiger partial charge in [0.1, 0.15) is 5.75 Å². The molecule has 2 nitrogen and oxygen atoms in total. The molecule has 1 atom stereocenters. The van der Waals surface area contributed by atoms with Gasteiger partial charge in [-0.05, 0) is 54.9 Å². The van der Waals surface area contributed by atoms with Gasteiger partial charge in [0.2, 0.25) is 0 Å². The van der Waals surface area contributed by atoms with Crippen LogP contribution >= 0.6 is 0 Å². The van der Waals surface area contributed by atoms with Crippen molar-refractivity contribution in [2.45, 2.75) is 44.9 Å². The summed E-state index contributed by atoms with van der Waals surface area (Å²) in [5.74, 6) is 1.73. The molecular formula is C19H24O2. The molecule has 1 aromatic rings. The Morgan fingerprint density at radius 1 is 1.33 bits per heavy atom. The quantitative estimate of drug-likeness (QED) is 0.671. The molecule has 0 saturated carbocycles. The van der Waals surface area contributed by atoms with Gasteiger partial charge >= 0.3 is 0 Å². The summed E-state index contributed by atoms with van der Waals surface area (Å²) in [7, 11) is 1.70. The molecule has 1 aliphatic rings. The van der Waals surface area contributed by atoms with Crippen molar-refractivity contribution in [1.29, 1.82) is 0 Å². The lowest BCUT2D eigenvalue weighted by atomic mass is 9.97. The fourth-order valence-corrected chi connectivity index (χ4v) is 2.63. The van der Waals surface area contributed by atoms with Crippen LogP contribution < -0.4 is 4.74 Å². The molecule has 0 amide bonds. The number of hydrogen-bond acceptors (Lipinski definition) is 2. The van der Waals surface area contributed by atoms with E-state index >= 15 is 0 Å². The molecule has 0 radical (unpaired) electrons. The molecule has 1 unspecified atom stereocenters. The van der Waals surface area contributed by atoms with Crippen molar-refractivity contribution < 1.29 is 9.53 Å². The zero-order valence-electron chi connectivity index (χ0n) is 13.0. The fraction of sp³-hybridized carbons (Fsp3) is 0.421. The molecular weight excluding hydrogens is 260 g/mol. The molecule has 0 fully saturated rings. The highest BCUT2D eigenvalue weighted by atomic mass is 16.5. The molecule has 2 rings (SSSR count). The predicted molar refractivity (Wildman–Crippen MR) is 86.7 cm³/mol.